The third-order valence-corrected chi connectivity index (χ3v) is 3.44. The molecule has 0 spiro atoms. The summed E-state index contributed by atoms with van der Waals surface area (Å²) < 4.78 is 3.81. The molecule has 1 N–H and O–H groups in total. The highest BCUT2D eigenvalue weighted by atomic mass is 32.1. The van der Waals surface area contributed by atoms with Gasteiger partial charge in [-0.1, -0.05) is 11.4 Å². The van der Waals surface area contributed by atoms with Crippen LogP contribution in [0, 0.1) is 0 Å². The molecule has 2 heterocycles. The number of nitrogens with zero attached hydrogens (tertiary/aromatic N) is 3. The molecule has 7 heteroatoms. The first kappa shape index (κ1) is 12.0. The van der Waals surface area contributed by atoms with Crippen molar-refractivity contribution in [2.24, 2.45) is 0 Å². The number of rotatable bonds is 2. The van der Waals surface area contributed by atoms with Gasteiger partial charge in [0.1, 0.15) is 4.88 Å². The van der Waals surface area contributed by atoms with E-state index in [1.807, 2.05) is 6.92 Å². The molecule has 6 nitrogen and oxygen atoms in total. The standard InChI is InChI=1S/C10H14N4O2S/c1-2-7-9(17-13-12-7)10(16)14-5-3-8(15)11-4-6-14/h2-6H2,1H3,(H,11,15). The molecule has 1 aliphatic rings. The highest BCUT2D eigenvalue weighted by molar-refractivity contribution is 7.08. The Kier molecular flexibility index (Phi) is 3.68. The SMILES string of the molecule is CCc1nnsc1C(=O)N1CCNC(=O)CC1. The van der Waals surface area contributed by atoms with Crippen molar-refractivity contribution < 1.29 is 9.59 Å². The van der Waals surface area contributed by atoms with Crippen LogP contribution in [0.25, 0.3) is 0 Å². The van der Waals surface area contributed by atoms with Gasteiger partial charge >= 0.3 is 0 Å². The molecule has 17 heavy (non-hydrogen) atoms. The van der Waals surface area contributed by atoms with E-state index >= 15 is 0 Å². The minimum Gasteiger partial charge on any atom is -0.354 e. The minimum absolute atomic E-state index is 0.00144. The van der Waals surface area contributed by atoms with E-state index in [2.05, 4.69) is 14.9 Å². The van der Waals surface area contributed by atoms with Crippen molar-refractivity contribution in [2.75, 3.05) is 19.6 Å². The number of aryl methyl sites for hydroxylation is 1. The molecule has 2 rings (SSSR count). The summed E-state index contributed by atoms with van der Waals surface area (Å²) in [5.74, 6) is -0.0632. The quantitative estimate of drug-likeness (QED) is 0.810. The Morgan fingerprint density at radius 3 is 3.12 bits per heavy atom. The van der Waals surface area contributed by atoms with E-state index in [-0.39, 0.29) is 11.8 Å². The van der Waals surface area contributed by atoms with Gasteiger partial charge in [-0.25, -0.2) is 0 Å². The second kappa shape index (κ2) is 5.22. The van der Waals surface area contributed by atoms with Crippen LogP contribution < -0.4 is 5.32 Å². The van der Waals surface area contributed by atoms with E-state index < -0.39 is 0 Å². The van der Waals surface area contributed by atoms with Crippen LogP contribution in [0.15, 0.2) is 0 Å². The molecule has 1 aromatic heterocycles. The average Bonchev–Trinajstić information content (AvgIpc) is 2.70. The molecule has 92 valence electrons. The number of amides is 2. The highest BCUT2D eigenvalue weighted by Gasteiger charge is 2.23. The summed E-state index contributed by atoms with van der Waals surface area (Å²) in [5, 5.41) is 6.67. The monoisotopic (exact) mass is 254 g/mol. The van der Waals surface area contributed by atoms with Crippen molar-refractivity contribution in [1.29, 1.82) is 0 Å². The molecule has 1 fully saturated rings. The van der Waals surface area contributed by atoms with Gasteiger partial charge in [-0.15, -0.1) is 5.10 Å². The zero-order chi connectivity index (χ0) is 12.3. The van der Waals surface area contributed by atoms with Crippen LogP contribution in [0.3, 0.4) is 0 Å². The lowest BCUT2D eigenvalue weighted by Gasteiger charge is -2.18. The highest BCUT2D eigenvalue weighted by Crippen LogP contribution is 2.15. The second-order valence-electron chi connectivity index (χ2n) is 3.79. The molecule has 1 aromatic rings. The summed E-state index contributed by atoms with van der Waals surface area (Å²) in [5.41, 5.74) is 0.739. The summed E-state index contributed by atoms with van der Waals surface area (Å²) in [4.78, 5) is 25.7. The van der Waals surface area contributed by atoms with E-state index in [0.717, 1.165) is 17.2 Å². The van der Waals surface area contributed by atoms with Crippen LogP contribution in [-0.2, 0) is 11.2 Å². The first-order valence-corrected chi connectivity index (χ1v) is 6.37. The van der Waals surface area contributed by atoms with Crippen LogP contribution in [0.2, 0.25) is 0 Å². The maximum atomic E-state index is 12.2. The molecule has 0 bridgehead atoms. The average molecular weight is 254 g/mol. The molecule has 0 radical (unpaired) electrons. The van der Waals surface area contributed by atoms with Gasteiger partial charge in [0.2, 0.25) is 5.91 Å². The molecule has 1 aliphatic heterocycles. The van der Waals surface area contributed by atoms with Gasteiger partial charge in [-0.2, -0.15) is 0 Å². The van der Waals surface area contributed by atoms with E-state index in [9.17, 15) is 9.59 Å². The first-order valence-electron chi connectivity index (χ1n) is 5.59. The fraction of sp³-hybridized carbons (Fsp3) is 0.600. The second-order valence-corrected chi connectivity index (χ2v) is 4.55. The van der Waals surface area contributed by atoms with E-state index in [0.29, 0.717) is 37.4 Å². The summed E-state index contributed by atoms with van der Waals surface area (Å²) in [7, 11) is 0. The summed E-state index contributed by atoms with van der Waals surface area (Å²) in [6, 6.07) is 0. The Hall–Kier alpha value is -1.50. The third-order valence-electron chi connectivity index (χ3n) is 2.68. The van der Waals surface area contributed by atoms with Crippen LogP contribution >= 0.6 is 11.5 Å². The molecule has 0 aliphatic carbocycles. The van der Waals surface area contributed by atoms with Gasteiger partial charge in [0.15, 0.2) is 0 Å². The van der Waals surface area contributed by atoms with Crippen molar-refractivity contribution in [3.05, 3.63) is 10.6 Å². The largest absolute Gasteiger partial charge is 0.354 e. The lowest BCUT2D eigenvalue weighted by Crippen LogP contribution is -2.34. The number of carbonyl (C=O) groups is 2. The Morgan fingerprint density at radius 2 is 2.35 bits per heavy atom. The lowest BCUT2D eigenvalue weighted by atomic mass is 10.2. The maximum Gasteiger partial charge on any atom is 0.267 e. The third kappa shape index (κ3) is 2.60. The van der Waals surface area contributed by atoms with E-state index in [1.54, 1.807) is 4.90 Å². The maximum absolute atomic E-state index is 12.2. The van der Waals surface area contributed by atoms with Gasteiger partial charge in [0.25, 0.3) is 5.91 Å². The van der Waals surface area contributed by atoms with Crippen molar-refractivity contribution in [3.8, 4) is 0 Å². The number of hydrogen-bond acceptors (Lipinski definition) is 5. The van der Waals surface area contributed by atoms with Crippen LogP contribution in [0.1, 0.15) is 28.7 Å². The van der Waals surface area contributed by atoms with Gasteiger partial charge in [0, 0.05) is 26.1 Å². The molecule has 2 amide bonds. The normalized spacial score (nSPS) is 16.5. The fourth-order valence-electron chi connectivity index (χ4n) is 1.72. The molecule has 1 saturated heterocycles. The molecular formula is C10H14N4O2S. The van der Waals surface area contributed by atoms with Gasteiger partial charge in [0.05, 0.1) is 5.69 Å². The molecule has 0 saturated carbocycles. The summed E-state index contributed by atoms with van der Waals surface area (Å²) in [6.45, 7) is 3.47. The summed E-state index contributed by atoms with van der Waals surface area (Å²) in [6.07, 6.45) is 1.06. The predicted molar refractivity (Wildman–Crippen MR) is 62.8 cm³/mol. The smallest absolute Gasteiger partial charge is 0.267 e. The zero-order valence-corrected chi connectivity index (χ0v) is 10.4. The Morgan fingerprint density at radius 1 is 1.53 bits per heavy atom. The van der Waals surface area contributed by atoms with E-state index in [1.165, 1.54) is 0 Å². The Balaban J connectivity index is 2.11. The lowest BCUT2D eigenvalue weighted by molar-refractivity contribution is -0.120. The van der Waals surface area contributed by atoms with E-state index in [4.69, 9.17) is 0 Å². The summed E-state index contributed by atoms with van der Waals surface area (Å²) >= 11 is 1.13. The molecular weight excluding hydrogens is 240 g/mol. The van der Waals surface area contributed by atoms with Crippen molar-refractivity contribution >= 4 is 23.3 Å². The Bertz CT molecular complexity index is 432. The first-order chi connectivity index (χ1) is 8.22. The van der Waals surface area contributed by atoms with Crippen LogP contribution in [0.4, 0.5) is 0 Å². The van der Waals surface area contributed by atoms with Crippen molar-refractivity contribution in [2.45, 2.75) is 19.8 Å². The molecule has 0 unspecified atom stereocenters. The molecule has 0 aromatic carbocycles. The van der Waals surface area contributed by atoms with Crippen molar-refractivity contribution in [3.63, 3.8) is 0 Å². The number of carbonyl (C=O) groups excluding carboxylic acids is 2. The predicted octanol–water partition coefficient (Wildman–Crippen LogP) is 0.0626. The van der Waals surface area contributed by atoms with Gasteiger partial charge < -0.3 is 10.2 Å². The molecule has 0 atom stereocenters. The minimum atomic E-state index is -0.0617. The fourth-order valence-corrected chi connectivity index (χ4v) is 2.43. The van der Waals surface area contributed by atoms with Crippen LogP contribution in [0.5, 0.6) is 0 Å². The number of aromatic nitrogens is 2. The number of nitrogens with one attached hydrogen (secondary N) is 1. The zero-order valence-electron chi connectivity index (χ0n) is 9.60. The van der Waals surface area contributed by atoms with Crippen LogP contribution in [-0.4, -0.2) is 45.9 Å². The van der Waals surface area contributed by atoms with Gasteiger partial charge in [-0.3, -0.25) is 9.59 Å². The van der Waals surface area contributed by atoms with Crippen molar-refractivity contribution in [1.82, 2.24) is 19.8 Å². The number of hydrogen-bond donors (Lipinski definition) is 1. The Labute approximate surface area is 103 Å². The van der Waals surface area contributed by atoms with Gasteiger partial charge in [-0.05, 0) is 18.0 Å². The topological polar surface area (TPSA) is 75.2 Å².